The number of carbonyl (C=O) groups is 5. The van der Waals surface area contributed by atoms with Crippen LogP contribution in [0.5, 0.6) is 5.75 Å². The molecule has 7 heterocycles. The normalized spacial score (nSPS) is 23.5. The van der Waals surface area contributed by atoms with E-state index in [2.05, 4.69) is 59.6 Å². The van der Waals surface area contributed by atoms with Crippen molar-refractivity contribution in [2.45, 2.75) is 117 Å². The highest BCUT2D eigenvalue weighted by Crippen LogP contribution is 2.44. The van der Waals surface area contributed by atoms with Crippen LogP contribution in [0, 0.1) is 16.7 Å². The summed E-state index contributed by atoms with van der Waals surface area (Å²) in [4.78, 5) is 79.0. The van der Waals surface area contributed by atoms with E-state index in [1.165, 1.54) is 5.01 Å². The number of benzene rings is 2. The van der Waals surface area contributed by atoms with E-state index in [1.54, 1.807) is 35.2 Å². The average Bonchev–Trinajstić information content (AvgIpc) is 4.12. The van der Waals surface area contributed by atoms with Crippen LogP contribution >= 0.6 is 0 Å². The first-order valence-corrected chi connectivity index (χ1v) is 24.4. The van der Waals surface area contributed by atoms with Crippen LogP contribution in [0.4, 0.5) is 0 Å². The van der Waals surface area contributed by atoms with Gasteiger partial charge < -0.3 is 39.6 Å². The van der Waals surface area contributed by atoms with E-state index in [9.17, 15) is 29.1 Å². The Hall–Kier alpha value is -5.84. The molecule has 68 heavy (non-hydrogen) atoms. The molecule has 16 nitrogen and oxygen atoms in total. The van der Waals surface area contributed by atoms with Gasteiger partial charge in [-0.2, -0.15) is 0 Å². The summed E-state index contributed by atoms with van der Waals surface area (Å²) < 4.78 is 14.2. The smallest absolute Gasteiger partial charge is 0.324 e. The van der Waals surface area contributed by atoms with E-state index in [-0.39, 0.29) is 55.2 Å². The Kier molecular flexibility index (Phi) is 12.9. The van der Waals surface area contributed by atoms with E-state index >= 15 is 0 Å². The summed E-state index contributed by atoms with van der Waals surface area (Å²) in [6.45, 7) is 14.8. The summed E-state index contributed by atoms with van der Waals surface area (Å²) >= 11 is 0. The summed E-state index contributed by atoms with van der Waals surface area (Å²) in [7, 11) is 1.68. The summed E-state index contributed by atoms with van der Waals surface area (Å²) in [6, 6.07) is 12.5. The third-order valence-electron chi connectivity index (χ3n) is 14.7. The minimum Gasteiger partial charge on any atom is -0.508 e. The molecule has 9 rings (SSSR count). The molecule has 0 saturated carbocycles. The van der Waals surface area contributed by atoms with E-state index in [4.69, 9.17) is 14.5 Å². The van der Waals surface area contributed by atoms with Crippen molar-refractivity contribution in [3.05, 3.63) is 71.5 Å². The summed E-state index contributed by atoms with van der Waals surface area (Å²) in [5.41, 5.74) is 8.89. The van der Waals surface area contributed by atoms with Gasteiger partial charge in [0.25, 0.3) is 5.91 Å². The van der Waals surface area contributed by atoms with E-state index in [0.717, 1.165) is 44.5 Å². The van der Waals surface area contributed by atoms with Gasteiger partial charge in [0, 0.05) is 80.9 Å². The molecular formula is C52H66N8O8. The minimum atomic E-state index is -1.14. The van der Waals surface area contributed by atoms with Crippen molar-refractivity contribution >= 4 is 40.5 Å². The van der Waals surface area contributed by atoms with Gasteiger partial charge in [0.1, 0.15) is 23.9 Å². The minimum absolute atomic E-state index is 0.0000725. The Morgan fingerprint density at radius 1 is 1.03 bits per heavy atom. The fraction of sp³-hybridized carbons (Fsp3) is 0.538. The zero-order valence-electron chi connectivity index (χ0n) is 40.4. The van der Waals surface area contributed by atoms with Crippen molar-refractivity contribution < 1.29 is 38.6 Å². The van der Waals surface area contributed by atoms with Crippen LogP contribution in [0.2, 0.25) is 0 Å². The zero-order chi connectivity index (χ0) is 48.2. The lowest BCUT2D eigenvalue weighted by Crippen LogP contribution is -2.70. The van der Waals surface area contributed by atoms with Gasteiger partial charge in [0.05, 0.1) is 35.6 Å². The van der Waals surface area contributed by atoms with Crippen molar-refractivity contribution in [2.75, 3.05) is 46.4 Å². The number of aromatic hydroxyl groups is 1. The van der Waals surface area contributed by atoms with Crippen LogP contribution in [0.1, 0.15) is 90.2 Å². The second kappa shape index (κ2) is 18.6. The number of phenolic OH excluding ortho intramolecular Hbond substituents is 1. The lowest BCUT2D eigenvalue weighted by atomic mass is 9.71. The number of hydrogen-bond donors (Lipinski definition) is 4. The molecule has 16 heteroatoms. The number of ether oxygens (including phenoxy) is 2. The van der Waals surface area contributed by atoms with Gasteiger partial charge in [0.15, 0.2) is 0 Å². The predicted octanol–water partition coefficient (Wildman–Crippen LogP) is 4.90. The number of esters is 1. The van der Waals surface area contributed by atoms with Crippen LogP contribution in [0.3, 0.4) is 0 Å². The maximum Gasteiger partial charge on any atom is 0.324 e. The number of hydrazine groups is 1. The zero-order valence-corrected chi connectivity index (χ0v) is 40.4. The number of nitrogens with one attached hydrogen (secondary N) is 3. The molecule has 4 amide bonds. The first-order valence-electron chi connectivity index (χ1n) is 24.4. The molecule has 6 bridgehead atoms. The van der Waals surface area contributed by atoms with Gasteiger partial charge in [-0.25, -0.2) is 5.43 Å². The number of fused-ring (bicyclic) bond motifs is 6. The number of likely N-dealkylation sites (tertiary alicyclic amines) is 2. The number of piperidine rings is 1. The van der Waals surface area contributed by atoms with Crippen LogP contribution in [0.25, 0.3) is 33.3 Å². The van der Waals surface area contributed by atoms with E-state index < -0.39 is 46.7 Å². The number of methoxy groups -OCH3 is 1. The summed E-state index contributed by atoms with van der Waals surface area (Å²) in [6.07, 6.45) is 4.33. The largest absolute Gasteiger partial charge is 0.508 e. The second-order valence-corrected chi connectivity index (χ2v) is 20.8. The standard InChI is InChI=1S/C52H66N8O8/c1-8-58-42-15-14-33-24-37(42)38(45(58)36-12-9-17-53-43(36)31(4)67-7)25-51(5,6)29-68-49(65)39-13-10-19-60(56-39)48(64)40(22-32-20-34(33)23-35(61)21-32)55-46(62)44(30(2)3)59-18-11-16-52(50(59)66)27-57(28-52)47(63)41-26-54-41/h9,12,14-15,17,20-21,23-24,30-31,39-41,44,54,56,61H,8,10-11,13,16,18-19,22,25-29H2,1-7H3,(H,55,62)/t31-,39-,40-,41-,44-/m0/s1. The third-order valence-corrected chi connectivity index (χ3v) is 14.7. The molecule has 0 radical (unpaired) electrons. The van der Waals surface area contributed by atoms with Crippen LogP contribution in [0.15, 0.2) is 54.7 Å². The highest BCUT2D eigenvalue weighted by atomic mass is 16.5. The Labute approximate surface area is 398 Å². The molecule has 2 aromatic carbocycles. The van der Waals surface area contributed by atoms with Gasteiger partial charge in [-0.1, -0.05) is 39.8 Å². The maximum absolute atomic E-state index is 14.8. The molecule has 0 unspecified atom stereocenters. The maximum atomic E-state index is 14.8. The molecule has 2 aromatic heterocycles. The summed E-state index contributed by atoms with van der Waals surface area (Å²) in [5, 5.41) is 19.9. The first-order chi connectivity index (χ1) is 32.5. The lowest BCUT2D eigenvalue weighted by molar-refractivity contribution is -0.170. The van der Waals surface area contributed by atoms with Crippen LogP contribution < -0.4 is 16.1 Å². The second-order valence-electron chi connectivity index (χ2n) is 20.8. The van der Waals surface area contributed by atoms with Gasteiger partial charge in [-0.15, -0.1) is 0 Å². The third kappa shape index (κ3) is 8.98. The van der Waals surface area contributed by atoms with E-state index in [0.29, 0.717) is 70.4 Å². The Bertz CT molecular complexity index is 2630. The molecule has 4 N–H and O–H groups in total. The molecule has 4 saturated heterocycles. The topological polar surface area (TPSA) is 198 Å². The molecule has 1 spiro atoms. The number of amides is 4. The number of rotatable bonds is 9. The van der Waals surface area contributed by atoms with Crippen molar-refractivity contribution in [2.24, 2.45) is 16.7 Å². The molecule has 5 aliphatic heterocycles. The van der Waals surface area contributed by atoms with Gasteiger partial charge in [-0.3, -0.25) is 34.0 Å². The van der Waals surface area contributed by atoms with Gasteiger partial charge >= 0.3 is 5.97 Å². The molecular weight excluding hydrogens is 865 g/mol. The average molecular weight is 931 g/mol. The highest BCUT2D eigenvalue weighted by molar-refractivity contribution is 5.97. The highest BCUT2D eigenvalue weighted by Gasteiger charge is 2.57. The first kappa shape index (κ1) is 47.2. The molecule has 4 aromatic rings. The number of cyclic esters (lactones) is 1. The number of hydrogen-bond acceptors (Lipinski definition) is 11. The van der Waals surface area contributed by atoms with Gasteiger partial charge in [-0.05, 0) is 111 Å². The van der Waals surface area contributed by atoms with E-state index in [1.807, 2.05) is 39.0 Å². The number of nitrogens with zero attached hydrogens (tertiary/aromatic N) is 5. The molecule has 5 aliphatic rings. The Morgan fingerprint density at radius 3 is 2.53 bits per heavy atom. The van der Waals surface area contributed by atoms with Crippen LogP contribution in [-0.4, -0.2) is 130 Å². The Morgan fingerprint density at radius 2 is 1.81 bits per heavy atom. The fourth-order valence-electron chi connectivity index (χ4n) is 11.1. The molecule has 362 valence electrons. The lowest BCUT2D eigenvalue weighted by Gasteiger charge is -2.54. The molecule has 0 aliphatic carbocycles. The van der Waals surface area contributed by atoms with Crippen molar-refractivity contribution in [3.63, 3.8) is 0 Å². The summed E-state index contributed by atoms with van der Waals surface area (Å²) in [5.74, 6) is -1.85. The van der Waals surface area contributed by atoms with Gasteiger partial charge in [0.2, 0.25) is 17.7 Å². The monoisotopic (exact) mass is 931 g/mol. The van der Waals surface area contributed by atoms with Crippen molar-refractivity contribution in [1.29, 1.82) is 0 Å². The number of phenols is 1. The van der Waals surface area contributed by atoms with Crippen LogP contribution in [-0.2, 0) is 52.8 Å². The fourth-order valence-corrected chi connectivity index (χ4v) is 11.1. The van der Waals surface area contributed by atoms with Crippen molar-refractivity contribution in [1.82, 2.24) is 40.4 Å². The predicted molar refractivity (Wildman–Crippen MR) is 256 cm³/mol. The Balaban J connectivity index is 1.10. The quantitative estimate of drug-likeness (QED) is 0.132. The number of aromatic nitrogens is 2. The number of pyridine rings is 1. The van der Waals surface area contributed by atoms with Crippen molar-refractivity contribution in [3.8, 4) is 28.1 Å². The molecule has 4 fully saturated rings. The molecule has 5 atom stereocenters. The SMILES string of the molecule is CCn1c(-c2cccnc2[C@H](C)OC)c2c3cc(ccc31)-c1cc(O)cc(c1)C[C@H](NC(=O)[C@H](C(C)C)N1CCCC3(CN(C(=O)[C@@H]4CN4)C3)C1=O)C(=O)N1CCC[C@H](N1)C(=O)OCC(C)(C)C2. The number of aryl methyl sites for hydroxylation is 1. The number of carbonyl (C=O) groups excluding carboxylic acids is 5.